The molecular weight excluding hydrogens is 366 g/mol. The predicted molar refractivity (Wildman–Crippen MR) is 67.3 cm³/mol. The maximum Gasteiger partial charge on any atom is 0.310 e. The van der Waals surface area contributed by atoms with Crippen LogP contribution >= 0.6 is 34.2 Å². The number of hydrogen-bond acceptors (Lipinski definition) is 3. The lowest BCUT2D eigenvalue weighted by atomic mass is 10.1. The van der Waals surface area contributed by atoms with Crippen molar-refractivity contribution in [3.63, 3.8) is 0 Å². The van der Waals surface area contributed by atoms with Crippen molar-refractivity contribution in [2.45, 2.75) is 19.8 Å². The van der Waals surface area contributed by atoms with E-state index in [-0.39, 0.29) is 32.9 Å². The van der Waals surface area contributed by atoms with Crippen molar-refractivity contribution in [2.24, 2.45) is 0 Å². The zero-order valence-corrected chi connectivity index (χ0v) is 11.8. The number of carbonyl (C=O) groups is 1. The summed E-state index contributed by atoms with van der Waals surface area (Å²) in [5.41, 5.74) is -0.106. The topological polar surface area (TPSA) is 39.2 Å². The monoisotopic (exact) mass is 375 g/mol. The van der Waals surface area contributed by atoms with Gasteiger partial charge >= 0.3 is 5.97 Å². The molecule has 3 nitrogen and oxygen atoms in total. The van der Waals surface area contributed by atoms with Gasteiger partial charge in [0.25, 0.3) is 6.43 Å². The number of esters is 1. The summed E-state index contributed by atoms with van der Waals surface area (Å²) in [5.74, 6) is -0.561. The zero-order chi connectivity index (χ0) is 13.0. The maximum atomic E-state index is 12.9. The van der Waals surface area contributed by atoms with Gasteiger partial charge < -0.3 is 4.74 Å². The van der Waals surface area contributed by atoms with Crippen LogP contribution in [-0.2, 0) is 16.0 Å². The van der Waals surface area contributed by atoms with Gasteiger partial charge in [0.2, 0.25) is 0 Å². The molecule has 0 aliphatic carbocycles. The highest BCUT2D eigenvalue weighted by Gasteiger charge is 2.21. The standard InChI is InChI=1S/C10H9ClF2INO2/c1-2-17-6(16)3-5-4-15-9(11)8(14)7(5)10(12)13/h4,10H,2-3H2,1H3. The van der Waals surface area contributed by atoms with Gasteiger partial charge in [0.1, 0.15) is 5.15 Å². The van der Waals surface area contributed by atoms with Gasteiger partial charge in [-0.1, -0.05) is 11.6 Å². The van der Waals surface area contributed by atoms with Crippen molar-refractivity contribution in [3.8, 4) is 0 Å². The third-order valence-electron chi connectivity index (χ3n) is 1.96. The average Bonchev–Trinajstić information content (AvgIpc) is 2.23. The predicted octanol–water partition coefficient (Wildman–Crippen LogP) is 3.38. The van der Waals surface area contributed by atoms with Crippen LogP contribution in [0.1, 0.15) is 24.5 Å². The van der Waals surface area contributed by atoms with Gasteiger partial charge in [-0.2, -0.15) is 0 Å². The molecular formula is C10H9ClF2INO2. The smallest absolute Gasteiger partial charge is 0.310 e. The molecule has 0 saturated carbocycles. The second-order valence-corrected chi connectivity index (χ2v) is 4.52. The first-order valence-electron chi connectivity index (χ1n) is 4.73. The van der Waals surface area contributed by atoms with Crippen molar-refractivity contribution < 1.29 is 18.3 Å². The number of rotatable bonds is 4. The normalized spacial score (nSPS) is 10.7. The van der Waals surface area contributed by atoms with Crippen LogP contribution in [0.2, 0.25) is 5.15 Å². The quantitative estimate of drug-likeness (QED) is 0.460. The van der Waals surface area contributed by atoms with Crippen molar-refractivity contribution in [1.29, 1.82) is 0 Å². The molecule has 94 valence electrons. The minimum Gasteiger partial charge on any atom is -0.466 e. The van der Waals surface area contributed by atoms with Gasteiger partial charge in [0.15, 0.2) is 0 Å². The molecule has 1 heterocycles. The third-order valence-corrected chi connectivity index (χ3v) is 3.65. The second kappa shape index (κ2) is 6.44. The van der Waals surface area contributed by atoms with Gasteiger partial charge in [-0.3, -0.25) is 4.79 Å². The highest BCUT2D eigenvalue weighted by molar-refractivity contribution is 14.1. The molecule has 0 radical (unpaired) electrons. The van der Waals surface area contributed by atoms with E-state index in [1.165, 1.54) is 6.20 Å². The Morgan fingerprint density at radius 2 is 2.29 bits per heavy atom. The number of pyridine rings is 1. The fourth-order valence-corrected chi connectivity index (χ4v) is 2.13. The highest BCUT2D eigenvalue weighted by atomic mass is 127. The van der Waals surface area contributed by atoms with Crippen LogP contribution in [-0.4, -0.2) is 17.6 Å². The van der Waals surface area contributed by atoms with Crippen molar-refractivity contribution in [3.05, 3.63) is 26.0 Å². The van der Waals surface area contributed by atoms with Crippen LogP contribution in [0.4, 0.5) is 8.78 Å². The third kappa shape index (κ3) is 3.74. The molecule has 0 aliphatic rings. The Bertz CT molecular complexity index is 429. The zero-order valence-electron chi connectivity index (χ0n) is 8.84. The van der Waals surface area contributed by atoms with Crippen LogP contribution < -0.4 is 0 Å². The van der Waals surface area contributed by atoms with Gasteiger partial charge in [-0.05, 0) is 35.1 Å². The van der Waals surface area contributed by atoms with E-state index in [0.717, 1.165) is 0 Å². The van der Waals surface area contributed by atoms with Gasteiger partial charge in [0, 0.05) is 11.8 Å². The van der Waals surface area contributed by atoms with E-state index < -0.39 is 12.4 Å². The molecule has 1 rings (SSSR count). The molecule has 0 atom stereocenters. The summed E-state index contributed by atoms with van der Waals surface area (Å²) < 4.78 is 30.6. The summed E-state index contributed by atoms with van der Waals surface area (Å²) in [7, 11) is 0. The molecule has 0 amide bonds. The molecule has 0 spiro atoms. The minimum atomic E-state index is -2.70. The second-order valence-electron chi connectivity index (χ2n) is 3.08. The van der Waals surface area contributed by atoms with Crippen LogP contribution in [0.15, 0.2) is 6.20 Å². The Hall–Kier alpha value is -0.500. The molecule has 0 fully saturated rings. The van der Waals surface area contributed by atoms with Crippen LogP contribution in [0.5, 0.6) is 0 Å². The number of halogens is 4. The SMILES string of the molecule is CCOC(=O)Cc1cnc(Cl)c(I)c1C(F)F. The summed E-state index contributed by atoms with van der Waals surface area (Å²) >= 11 is 7.35. The van der Waals surface area contributed by atoms with E-state index >= 15 is 0 Å². The minimum absolute atomic E-state index is 0.00788. The fraction of sp³-hybridized carbons (Fsp3) is 0.400. The Labute approximate surface area is 116 Å². The van der Waals surface area contributed by atoms with E-state index in [2.05, 4.69) is 4.98 Å². The molecule has 0 bridgehead atoms. The molecule has 0 unspecified atom stereocenters. The van der Waals surface area contributed by atoms with Crippen molar-refractivity contribution in [1.82, 2.24) is 4.98 Å². The molecule has 17 heavy (non-hydrogen) atoms. The van der Waals surface area contributed by atoms with Gasteiger partial charge in [-0.15, -0.1) is 0 Å². The van der Waals surface area contributed by atoms with Gasteiger partial charge in [-0.25, -0.2) is 13.8 Å². The Morgan fingerprint density at radius 3 is 2.82 bits per heavy atom. The number of alkyl halides is 2. The largest absolute Gasteiger partial charge is 0.466 e. The summed E-state index contributed by atoms with van der Waals surface area (Å²) in [6.45, 7) is 1.86. The van der Waals surface area contributed by atoms with Crippen molar-refractivity contribution >= 4 is 40.2 Å². The lowest BCUT2D eigenvalue weighted by Crippen LogP contribution is -2.11. The fourth-order valence-electron chi connectivity index (χ4n) is 1.26. The lowest BCUT2D eigenvalue weighted by Gasteiger charge is -2.11. The first-order valence-corrected chi connectivity index (χ1v) is 6.19. The maximum absolute atomic E-state index is 12.9. The Kier molecular flexibility index (Phi) is 5.51. The molecule has 1 aromatic heterocycles. The number of carbonyl (C=O) groups excluding carboxylic acids is 1. The molecule has 1 aromatic rings. The van der Waals surface area contributed by atoms with Crippen LogP contribution in [0.25, 0.3) is 0 Å². The molecule has 0 N–H and O–H groups in total. The Balaban J connectivity index is 3.07. The summed E-state index contributed by atoms with van der Waals surface area (Å²) in [6, 6.07) is 0. The van der Waals surface area contributed by atoms with Gasteiger partial charge in [0.05, 0.1) is 16.6 Å². The van der Waals surface area contributed by atoms with E-state index in [1.54, 1.807) is 29.5 Å². The number of ether oxygens (including phenoxy) is 1. The summed E-state index contributed by atoms with van der Waals surface area (Å²) in [5, 5.41) is 0.00788. The van der Waals surface area contributed by atoms with E-state index in [1.807, 2.05) is 0 Å². The summed E-state index contributed by atoms with van der Waals surface area (Å²) in [4.78, 5) is 15.0. The van der Waals surface area contributed by atoms with Crippen LogP contribution in [0, 0.1) is 3.57 Å². The molecule has 0 aromatic carbocycles. The van der Waals surface area contributed by atoms with E-state index in [0.29, 0.717) is 0 Å². The molecule has 0 saturated heterocycles. The van der Waals surface area contributed by atoms with E-state index in [4.69, 9.17) is 16.3 Å². The van der Waals surface area contributed by atoms with Crippen molar-refractivity contribution in [2.75, 3.05) is 6.61 Å². The van der Waals surface area contributed by atoms with E-state index in [9.17, 15) is 13.6 Å². The lowest BCUT2D eigenvalue weighted by molar-refractivity contribution is -0.142. The average molecular weight is 376 g/mol. The molecule has 7 heteroatoms. The number of aromatic nitrogens is 1. The summed E-state index contributed by atoms with van der Waals surface area (Å²) in [6.07, 6.45) is -1.75. The highest BCUT2D eigenvalue weighted by Crippen LogP contribution is 2.31. The Morgan fingerprint density at radius 1 is 1.65 bits per heavy atom. The van der Waals surface area contributed by atoms with Crippen LogP contribution in [0.3, 0.4) is 0 Å². The molecule has 0 aliphatic heterocycles. The number of hydrogen-bond donors (Lipinski definition) is 0. The first-order chi connectivity index (χ1) is 7.97. The number of nitrogens with zero attached hydrogens (tertiary/aromatic N) is 1. The first kappa shape index (κ1) is 14.6.